The Bertz CT molecular complexity index is 1650. The fourth-order valence-corrected chi connectivity index (χ4v) is 7.11. The number of aryl methyl sites for hydroxylation is 1. The summed E-state index contributed by atoms with van der Waals surface area (Å²) in [4.78, 5) is 30.4. The van der Waals surface area contributed by atoms with Gasteiger partial charge in [0.2, 0.25) is 5.91 Å². The molecular weight excluding hydrogens is 656 g/mol. The maximum atomic E-state index is 12.1. The molecule has 3 heterocycles. The third kappa shape index (κ3) is 9.59. The molecule has 2 aromatic carbocycles. The number of carboxylic acid groups (broad SMARTS) is 1. The molecule has 2 N–H and O–H groups in total. The average molecular weight is 681 g/mol. The molecule has 0 saturated heterocycles. The molecule has 0 aliphatic rings. The fourth-order valence-electron chi connectivity index (χ4n) is 3.89. The van der Waals surface area contributed by atoms with Crippen LogP contribution in [0.1, 0.15) is 16.2 Å². The molecule has 3 aromatic heterocycles. The molecule has 5 aromatic rings. The summed E-state index contributed by atoms with van der Waals surface area (Å²) < 4.78 is 1.99. The second-order valence-corrected chi connectivity index (χ2v) is 13.1. The average Bonchev–Trinajstić information content (AvgIpc) is 3.70. The third-order valence-corrected chi connectivity index (χ3v) is 9.18. The van der Waals surface area contributed by atoms with Crippen molar-refractivity contribution in [3.05, 3.63) is 109 Å². The summed E-state index contributed by atoms with van der Waals surface area (Å²) in [6, 6.07) is 18.3. The number of hydrogen-bond acceptors (Lipinski definition) is 5. The summed E-state index contributed by atoms with van der Waals surface area (Å²) in [5.41, 5.74) is 1.81. The zero-order chi connectivity index (χ0) is 30.1. The van der Waals surface area contributed by atoms with Crippen LogP contribution in [0.2, 0.25) is 20.1 Å². The van der Waals surface area contributed by atoms with E-state index in [0.717, 1.165) is 43.6 Å². The molecule has 0 spiro atoms. The Hall–Kier alpha value is -2.85. The Labute approximate surface area is 271 Å². The van der Waals surface area contributed by atoms with E-state index in [1.807, 2.05) is 47.2 Å². The third-order valence-electron chi connectivity index (χ3n) is 5.85. The Kier molecular flexibility index (Phi) is 11.9. The molecular formula is C30H25Cl4N3O3S2. The summed E-state index contributed by atoms with van der Waals surface area (Å²) in [6.45, 7) is 1.50. The Morgan fingerprint density at radius 1 is 0.810 bits per heavy atom. The maximum absolute atomic E-state index is 12.1. The predicted molar refractivity (Wildman–Crippen MR) is 174 cm³/mol. The van der Waals surface area contributed by atoms with Gasteiger partial charge in [-0.25, -0.2) is 4.98 Å². The number of carbonyl (C=O) groups is 2. The largest absolute Gasteiger partial charge is 0.481 e. The zero-order valence-corrected chi connectivity index (χ0v) is 26.7. The summed E-state index contributed by atoms with van der Waals surface area (Å²) in [5.74, 6) is -0.804. The molecule has 12 heteroatoms. The van der Waals surface area contributed by atoms with Gasteiger partial charge >= 0.3 is 5.97 Å². The number of nitrogens with zero attached hydrogens (tertiary/aromatic N) is 2. The quantitative estimate of drug-likeness (QED) is 0.144. The van der Waals surface area contributed by atoms with E-state index in [-0.39, 0.29) is 12.3 Å². The van der Waals surface area contributed by atoms with Crippen molar-refractivity contribution in [3.8, 4) is 20.9 Å². The van der Waals surface area contributed by atoms with Gasteiger partial charge in [-0.1, -0.05) is 58.5 Å². The van der Waals surface area contributed by atoms with E-state index in [0.29, 0.717) is 33.1 Å². The molecule has 218 valence electrons. The molecule has 0 saturated carbocycles. The summed E-state index contributed by atoms with van der Waals surface area (Å²) in [7, 11) is 0. The molecule has 0 aliphatic carbocycles. The number of rotatable bonds is 10. The van der Waals surface area contributed by atoms with Crippen LogP contribution in [-0.2, 0) is 29.0 Å². The number of halogens is 4. The molecule has 42 heavy (non-hydrogen) atoms. The monoisotopic (exact) mass is 679 g/mol. The first kappa shape index (κ1) is 32.1. The minimum atomic E-state index is -0.833. The summed E-state index contributed by atoms with van der Waals surface area (Å²) in [5, 5.41) is 14.0. The van der Waals surface area contributed by atoms with Gasteiger partial charge in [-0.2, -0.15) is 0 Å². The molecule has 1 amide bonds. The number of thiophene rings is 2. The molecule has 0 atom stereocenters. The van der Waals surface area contributed by atoms with Crippen LogP contribution >= 0.6 is 69.1 Å². The van der Waals surface area contributed by atoms with Crippen molar-refractivity contribution in [1.29, 1.82) is 0 Å². The number of hydrogen-bond donors (Lipinski definition) is 2. The number of aliphatic carboxylic acids is 1. The van der Waals surface area contributed by atoms with Crippen LogP contribution in [0.15, 0.2) is 79.4 Å². The van der Waals surface area contributed by atoms with E-state index in [9.17, 15) is 9.59 Å². The highest BCUT2D eigenvalue weighted by molar-refractivity contribution is 7.16. The first-order chi connectivity index (χ1) is 20.2. The molecule has 5 rings (SSSR count). The second-order valence-electron chi connectivity index (χ2n) is 9.03. The second kappa shape index (κ2) is 15.6. The molecule has 6 nitrogen and oxygen atoms in total. The van der Waals surface area contributed by atoms with Gasteiger partial charge in [-0.3, -0.25) is 9.59 Å². The van der Waals surface area contributed by atoms with Crippen LogP contribution in [0, 0.1) is 0 Å². The van der Waals surface area contributed by atoms with E-state index < -0.39 is 5.97 Å². The van der Waals surface area contributed by atoms with Gasteiger partial charge in [0.1, 0.15) is 0 Å². The number of nitrogens with one attached hydrogen (secondary N) is 1. The first-order valence-corrected chi connectivity index (χ1v) is 15.8. The highest BCUT2D eigenvalue weighted by atomic mass is 35.5. The number of benzene rings is 2. The Balaban J connectivity index is 0.000000208. The van der Waals surface area contributed by atoms with Crippen molar-refractivity contribution in [3.63, 3.8) is 0 Å². The van der Waals surface area contributed by atoms with Gasteiger partial charge in [-0.05, 0) is 55.0 Å². The van der Waals surface area contributed by atoms with Gasteiger partial charge < -0.3 is 15.0 Å². The van der Waals surface area contributed by atoms with E-state index in [1.165, 1.54) is 11.3 Å². The Morgan fingerprint density at radius 3 is 1.88 bits per heavy atom. The van der Waals surface area contributed by atoms with Crippen LogP contribution in [0.3, 0.4) is 0 Å². The van der Waals surface area contributed by atoms with Crippen molar-refractivity contribution >= 4 is 81.0 Å². The number of imidazole rings is 1. The van der Waals surface area contributed by atoms with Crippen LogP contribution in [0.5, 0.6) is 0 Å². The van der Waals surface area contributed by atoms with Gasteiger partial charge in [0.15, 0.2) is 0 Å². The standard InChI is InChI=1S/C18H17Cl2N3OS.C12H8Cl2O2S/c19-13-2-4-15(16(20)10-13)17-5-3-14(25-17)11-18(24)22-6-1-8-23-9-7-21-12-23;13-7-1-3-9(10(14)5-7)11-4-2-8(17-11)6-12(15)16/h2-5,7,9-10,12H,1,6,8,11H2,(H,22,24);1-5H,6H2,(H,15,16). The normalized spacial score (nSPS) is 10.7. The van der Waals surface area contributed by atoms with E-state index in [1.54, 1.807) is 48.1 Å². The van der Waals surface area contributed by atoms with Crippen molar-refractivity contribution in [2.24, 2.45) is 0 Å². The van der Waals surface area contributed by atoms with E-state index >= 15 is 0 Å². The Morgan fingerprint density at radius 2 is 1.38 bits per heavy atom. The van der Waals surface area contributed by atoms with Gasteiger partial charge in [0.25, 0.3) is 0 Å². The molecule has 0 bridgehead atoms. The highest BCUT2D eigenvalue weighted by Crippen LogP contribution is 2.36. The van der Waals surface area contributed by atoms with Crippen molar-refractivity contribution in [2.45, 2.75) is 25.8 Å². The van der Waals surface area contributed by atoms with Crippen LogP contribution in [0.25, 0.3) is 20.9 Å². The minimum Gasteiger partial charge on any atom is -0.481 e. The van der Waals surface area contributed by atoms with Crippen molar-refractivity contribution in [2.75, 3.05) is 6.54 Å². The van der Waals surface area contributed by atoms with Crippen LogP contribution in [0.4, 0.5) is 0 Å². The molecule has 0 aliphatic heterocycles. The molecule has 0 fully saturated rings. The van der Waals surface area contributed by atoms with Gasteiger partial charge in [0, 0.05) is 66.2 Å². The molecule has 0 radical (unpaired) electrons. The van der Waals surface area contributed by atoms with Crippen LogP contribution in [-0.4, -0.2) is 33.1 Å². The number of carboxylic acids is 1. The number of carbonyl (C=O) groups excluding carboxylic acids is 1. The highest BCUT2D eigenvalue weighted by Gasteiger charge is 2.11. The lowest BCUT2D eigenvalue weighted by atomic mass is 10.2. The van der Waals surface area contributed by atoms with E-state index in [2.05, 4.69) is 10.3 Å². The smallest absolute Gasteiger partial charge is 0.308 e. The van der Waals surface area contributed by atoms with Gasteiger partial charge in [-0.15, -0.1) is 22.7 Å². The summed E-state index contributed by atoms with van der Waals surface area (Å²) in [6.07, 6.45) is 6.72. The SMILES string of the molecule is O=C(Cc1ccc(-c2ccc(Cl)cc2Cl)s1)NCCCn1ccnc1.O=C(O)Cc1ccc(-c2ccc(Cl)cc2Cl)s1. The molecule has 0 unspecified atom stereocenters. The number of amides is 1. The zero-order valence-electron chi connectivity index (χ0n) is 22.0. The van der Waals surface area contributed by atoms with Crippen molar-refractivity contribution < 1.29 is 14.7 Å². The minimum absolute atomic E-state index is 0.0289. The topological polar surface area (TPSA) is 84.2 Å². The number of aromatic nitrogens is 2. The van der Waals surface area contributed by atoms with Gasteiger partial charge in [0.05, 0.1) is 29.2 Å². The van der Waals surface area contributed by atoms with Crippen molar-refractivity contribution in [1.82, 2.24) is 14.9 Å². The lowest BCUT2D eigenvalue weighted by molar-refractivity contribution is -0.136. The maximum Gasteiger partial charge on any atom is 0.308 e. The lowest BCUT2D eigenvalue weighted by Gasteiger charge is -2.05. The fraction of sp³-hybridized carbons (Fsp3) is 0.167. The van der Waals surface area contributed by atoms with E-state index in [4.69, 9.17) is 51.5 Å². The van der Waals surface area contributed by atoms with Crippen LogP contribution < -0.4 is 5.32 Å². The lowest BCUT2D eigenvalue weighted by Crippen LogP contribution is -2.26. The first-order valence-electron chi connectivity index (χ1n) is 12.7. The predicted octanol–water partition coefficient (Wildman–Crippen LogP) is 9.02. The summed E-state index contributed by atoms with van der Waals surface area (Å²) >= 11 is 27.1.